The van der Waals surface area contributed by atoms with Gasteiger partial charge in [0.25, 0.3) is 0 Å². The van der Waals surface area contributed by atoms with E-state index in [4.69, 9.17) is 4.74 Å². The Morgan fingerprint density at radius 1 is 1.21 bits per heavy atom. The highest BCUT2D eigenvalue weighted by molar-refractivity contribution is 6.76. The second-order valence-corrected chi connectivity index (χ2v) is 11.5. The number of hydrogen-bond acceptors (Lipinski definition) is 2. The van der Waals surface area contributed by atoms with E-state index >= 15 is 0 Å². The molecular formula is C16H26O2Si. The van der Waals surface area contributed by atoms with Gasteiger partial charge in [-0.2, -0.15) is 0 Å². The van der Waals surface area contributed by atoms with Gasteiger partial charge in [0.1, 0.15) is 12.2 Å². The first kappa shape index (κ1) is 16.2. The van der Waals surface area contributed by atoms with Gasteiger partial charge in [-0.25, -0.2) is 0 Å². The molecule has 0 bridgehead atoms. The van der Waals surface area contributed by atoms with Crippen molar-refractivity contribution in [1.29, 1.82) is 0 Å². The molecule has 1 aromatic rings. The molecule has 2 atom stereocenters. The van der Waals surface area contributed by atoms with Crippen molar-refractivity contribution in [2.24, 2.45) is 0 Å². The van der Waals surface area contributed by atoms with Crippen LogP contribution in [0.2, 0.25) is 25.7 Å². The van der Waals surface area contributed by atoms with Crippen molar-refractivity contribution >= 4 is 8.07 Å². The minimum atomic E-state index is -1.09. The summed E-state index contributed by atoms with van der Waals surface area (Å²) in [5.41, 5.74) is 0.901. The quantitative estimate of drug-likeness (QED) is 0.603. The maximum atomic E-state index is 10.4. The van der Waals surface area contributed by atoms with Crippen LogP contribution in [0.5, 0.6) is 0 Å². The fourth-order valence-corrected chi connectivity index (χ4v) is 2.68. The molecule has 0 heterocycles. The monoisotopic (exact) mass is 278 g/mol. The molecular weight excluding hydrogens is 252 g/mol. The molecule has 2 nitrogen and oxygen atoms in total. The average molecular weight is 278 g/mol. The summed E-state index contributed by atoms with van der Waals surface area (Å²) in [5.74, 6) is 0. The highest BCUT2D eigenvalue weighted by atomic mass is 28.3. The second-order valence-electron chi connectivity index (χ2n) is 5.97. The van der Waals surface area contributed by atoms with Gasteiger partial charge in [-0.3, -0.25) is 0 Å². The van der Waals surface area contributed by atoms with Crippen molar-refractivity contribution in [3.63, 3.8) is 0 Å². The average Bonchev–Trinajstić information content (AvgIpc) is 2.36. The Balaban J connectivity index is 2.71. The zero-order valence-corrected chi connectivity index (χ0v) is 13.5. The first-order chi connectivity index (χ1) is 8.94. The highest BCUT2D eigenvalue weighted by Crippen LogP contribution is 2.21. The summed E-state index contributed by atoms with van der Waals surface area (Å²) in [6.45, 7) is 9.56. The zero-order chi connectivity index (χ0) is 14.3. The lowest BCUT2D eigenvalue weighted by molar-refractivity contribution is -0.00581. The lowest BCUT2D eigenvalue weighted by Crippen LogP contribution is -2.21. The molecule has 0 aliphatic carbocycles. The Labute approximate surface area is 118 Å². The maximum absolute atomic E-state index is 10.4. The number of aliphatic hydroxyl groups excluding tert-OH is 1. The molecule has 1 aromatic carbocycles. The van der Waals surface area contributed by atoms with Crippen LogP contribution in [0.15, 0.2) is 42.5 Å². The van der Waals surface area contributed by atoms with Crippen molar-refractivity contribution < 1.29 is 9.84 Å². The van der Waals surface area contributed by atoms with Crippen molar-refractivity contribution in [3.05, 3.63) is 48.0 Å². The molecule has 0 spiro atoms. The molecule has 0 aliphatic heterocycles. The highest BCUT2D eigenvalue weighted by Gasteiger charge is 2.19. The number of benzene rings is 1. The van der Waals surface area contributed by atoms with Crippen molar-refractivity contribution in [2.45, 2.75) is 44.8 Å². The number of ether oxygens (including phenoxy) is 1. The third kappa shape index (κ3) is 6.19. The summed E-state index contributed by atoms with van der Waals surface area (Å²) < 4.78 is 5.65. The summed E-state index contributed by atoms with van der Waals surface area (Å²) in [6.07, 6.45) is 3.32. The molecule has 0 aliphatic rings. The van der Waals surface area contributed by atoms with Crippen LogP contribution in [0, 0.1) is 0 Å². The summed E-state index contributed by atoms with van der Waals surface area (Å²) in [7, 11) is -1.09. The minimum absolute atomic E-state index is 0.260. The summed E-state index contributed by atoms with van der Waals surface area (Å²) in [6, 6.07) is 10.8. The van der Waals surface area contributed by atoms with E-state index in [9.17, 15) is 5.11 Å². The summed E-state index contributed by atoms with van der Waals surface area (Å²) in [5, 5.41) is 10.4. The minimum Gasteiger partial charge on any atom is -0.385 e. The van der Waals surface area contributed by atoms with Gasteiger partial charge >= 0.3 is 0 Å². The predicted octanol–water partition coefficient (Wildman–Crippen LogP) is 4.02. The molecule has 3 heteroatoms. The first-order valence-electron chi connectivity index (χ1n) is 6.95. The number of rotatable bonds is 7. The number of aliphatic hydroxyl groups is 1. The van der Waals surface area contributed by atoms with E-state index in [0.717, 1.165) is 11.6 Å². The van der Waals surface area contributed by atoms with E-state index in [2.05, 4.69) is 25.7 Å². The van der Waals surface area contributed by atoms with E-state index in [1.54, 1.807) is 0 Å². The fourth-order valence-electron chi connectivity index (χ4n) is 1.84. The van der Waals surface area contributed by atoms with E-state index < -0.39 is 14.2 Å². The van der Waals surface area contributed by atoms with Crippen LogP contribution in [0.4, 0.5) is 0 Å². The molecule has 0 aromatic heterocycles. The van der Waals surface area contributed by atoms with Crippen LogP contribution in [0.1, 0.15) is 18.6 Å². The SMILES string of the molecule is CCO[C@H](/C=C/C[Si](C)(C)C)[C@H](O)c1ccccc1. The Hall–Kier alpha value is -0.903. The van der Waals surface area contributed by atoms with Crippen molar-refractivity contribution in [3.8, 4) is 0 Å². The molecule has 0 unspecified atom stereocenters. The Morgan fingerprint density at radius 3 is 2.37 bits per heavy atom. The fraction of sp³-hybridized carbons (Fsp3) is 0.500. The van der Waals surface area contributed by atoms with Crippen LogP contribution in [-0.4, -0.2) is 25.9 Å². The maximum Gasteiger partial charge on any atom is 0.109 e. The van der Waals surface area contributed by atoms with Gasteiger partial charge in [0, 0.05) is 14.7 Å². The molecule has 0 saturated carbocycles. The Bertz CT molecular complexity index is 381. The number of hydrogen-bond donors (Lipinski definition) is 1. The normalized spacial score (nSPS) is 15.6. The van der Waals surface area contributed by atoms with Crippen LogP contribution in [0.25, 0.3) is 0 Å². The van der Waals surface area contributed by atoms with Gasteiger partial charge < -0.3 is 9.84 Å². The topological polar surface area (TPSA) is 29.5 Å². The predicted molar refractivity (Wildman–Crippen MR) is 84.1 cm³/mol. The standard InChI is InChI=1S/C16H26O2Si/c1-5-18-15(12-9-13-19(2,3)4)16(17)14-10-7-6-8-11-14/h6-12,15-17H,5,13H2,1-4H3/b12-9+/t15-,16-/m1/s1. The second kappa shape index (κ2) is 7.63. The lowest BCUT2D eigenvalue weighted by Gasteiger charge is -2.21. The third-order valence-electron chi connectivity index (χ3n) is 2.87. The van der Waals surface area contributed by atoms with Crippen LogP contribution in [-0.2, 0) is 4.74 Å². The van der Waals surface area contributed by atoms with Crippen molar-refractivity contribution in [2.75, 3.05) is 6.61 Å². The van der Waals surface area contributed by atoms with Crippen LogP contribution >= 0.6 is 0 Å². The zero-order valence-electron chi connectivity index (χ0n) is 12.5. The van der Waals surface area contributed by atoms with Gasteiger partial charge in [0.15, 0.2) is 0 Å². The van der Waals surface area contributed by atoms with Gasteiger partial charge in [-0.1, -0.05) is 62.1 Å². The first-order valence-corrected chi connectivity index (χ1v) is 10.7. The van der Waals surface area contributed by atoms with Gasteiger partial charge in [0.05, 0.1) is 0 Å². The molecule has 106 valence electrons. The summed E-state index contributed by atoms with van der Waals surface area (Å²) in [4.78, 5) is 0. The molecule has 1 rings (SSSR count). The van der Waals surface area contributed by atoms with Crippen molar-refractivity contribution in [1.82, 2.24) is 0 Å². The smallest absolute Gasteiger partial charge is 0.109 e. The Morgan fingerprint density at radius 2 is 1.84 bits per heavy atom. The van der Waals surface area contributed by atoms with E-state index in [1.165, 1.54) is 0 Å². The molecule has 0 radical (unpaired) electrons. The number of allylic oxidation sites excluding steroid dienone is 1. The van der Waals surface area contributed by atoms with E-state index in [-0.39, 0.29) is 6.10 Å². The molecule has 0 amide bonds. The lowest BCUT2D eigenvalue weighted by atomic mass is 10.0. The molecule has 1 N–H and O–H groups in total. The van der Waals surface area contributed by atoms with E-state index in [0.29, 0.717) is 6.61 Å². The van der Waals surface area contributed by atoms with Gasteiger partial charge in [-0.15, -0.1) is 0 Å². The van der Waals surface area contributed by atoms with Crippen LogP contribution in [0.3, 0.4) is 0 Å². The van der Waals surface area contributed by atoms with Crippen LogP contribution < -0.4 is 0 Å². The molecule has 0 fully saturated rings. The van der Waals surface area contributed by atoms with Gasteiger partial charge in [0.2, 0.25) is 0 Å². The molecule has 19 heavy (non-hydrogen) atoms. The van der Waals surface area contributed by atoms with E-state index in [1.807, 2.05) is 43.3 Å². The summed E-state index contributed by atoms with van der Waals surface area (Å²) >= 11 is 0. The largest absolute Gasteiger partial charge is 0.385 e. The Kier molecular flexibility index (Phi) is 6.49. The molecule has 0 saturated heterocycles. The van der Waals surface area contributed by atoms with Gasteiger partial charge in [-0.05, 0) is 18.5 Å². The third-order valence-corrected chi connectivity index (χ3v) is 4.33.